The van der Waals surface area contributed by atoms with Crippen molar-refractivity contribution >= 4 is 17.6 Å². The number of nitrogens with zero attached hydrogens (tertiary/aromatic N) is 6. The van der Waals surface area contributed by atoms with Gasteiger partial charge in [-0.05, 0) is 32.9 Å². The Bertz CT molecular complexity index is 633. The third-order valence-electron chi connectivity index (χ3n) is 4.22. The van der Waals surface area contributed by atoms with Gasteiger partial charge in [0.05, 0.1) is 0 Å². The molecule has 3 rings (SSSR count). The van der Waals surface area contributed by atoms with Crippen molar-refractivity contribution in [2.75, 3.05) is 24.2 Å². The molecular formula is C15H22N6S. The molecular weight excluding hydrogens is 296 g/mol. The van der Waals surface area contributed by atoms with Crippen LogP contribution in [0.15, 0.2) is 17.6 Å². The summed E-state index contributed by atoms with van der Waals surface area (Å²) in [6, 6.07) is 2.06. The number of rotatable bonds is 4. The normalized spacial score (nSPS) is 16.2. The van der Waals surface area contributed by atoms with Gasteiger partial charge in [-0.1, -0.05) is 11.8 Å². The van der Waals surface area contributed by atoms with Gasteiger partial charge in [-0.15, -0.1) is 10.2 Å². The van der Waals surface area contributed by atoms with Crippen molar-refractivity contribution in [3.05, 3.63) is 23.9 Å². The van der Waals surface area contributed by atoms with Crippen LogP contribution >= 0.6 is 11.8 Å². The van der Waals surface area contributed by atoms with E-state index in [1.165, 1.54) is 0 Å². The number of piperidine rings is 1. The summed E-state index contributed by atoms with van der Waals surface area (Å²) in [5.41, 5.74) is 1.02. The van der Waals surface area contributed by atoms with Gasteiger partial charge in [0.2, 0.25) is 0 Å². The summed E-state index contributed by atoms with van der Waals surface area (Å²) in [5.74, 6) is 2.67. The van der Waals surface area contributed by atoms with Gasteiger partial charge in [-0.3, -0.25) is 0 Å². The van der Waals surface area contributed by atoms with Crippen molar-refractivity contribution < 1.29 is 0 Å². The molecule has 3 heterocycles. The number of hydrogen-bond acceptors (Lipinski definition) is 6. The summed E-state index contributed by atoms with van der Waals surface area (Å²) >= 11 is 1.67. The second-order valence-electron chi connectivity index (χ2n) is 5.57. The molecule has 22 heavy (non-hydrogen) atoms. The molecule has 0 unspecified atom stereocenters. The minimum Gasteiger partial charge on any atom is -0.356 e. The van der Waals surface area contributed by atoms with Crippen LogP contribution in [0.5, 0.6) is 0 Å². The molecule has 1 saturated heterocycles. The van der Waals surface area contributed by atoms with Gasteiger partial charge in [-0.25, -0.2) is 9.97 Å². The highest BCUT2D eigenvalue weighted by molar-refractivity contribution is 7.98. The van der Waals surface area contributed by atoms with E-state index in [0.717, 1.165) is 55.0 Å². The predicted molar refractivity (Wildman–Crippen MR) is 88.4 cm³/mol. The average molecular weight is 318 g/mol. The fourth-order valence-corrected chi connectivity index (χ4v) is 3.60. The Hall–Kier alpha value is -1.63. The summed E-state index contributed by atoms with van der Waals surface area (Å²) in [4.78, 5) is 10.9. The van der Waals surface area contributed by atoms with Gasteiger partial charge in [0.25, 0.3) is 0 Å². The first-order valence-corrected chi connectivity index (χ1v) is 8.96. The van der Waals surface area contributed by atoms with E-state index in [-0.39, 0.29) is 0 Å². The third-order valence-corrected chi connectivity index (χ3v) is 4.88. The van der Waals surface area contributed by atoms with E-state index in [1.807, 2.05) is 6.92 Å². The van der Waals surface area contributed by atoms with E-state index < -0.39 is 0 Å². The van der Waals surface area contributed by atoms with E-state index in [1.54, 1.807) is 18.1 Å². The van der Waals surface area contributed by atoms with Gasteiger partial charge in [0, 0.05) is 37.3 Å². The van der Waals surface area contributed by atoms with Gasteiger partial charge in [0.1, 0.15) is 18.0 Å². The highest BCUT2D eigenvalue weighted by atomic mass is 32.2. The topological polar surface area (TPSA) is 59.7 Å². The largest absolute Gasteiger partial charge is 0.356 e. The Morgan fingerprint density at radius 1 is 1.23 bits per heavy atom. The Morgan fingerprint density at radius 3 is 2.64 bits per heavy atom. The molecule has 1 aliphatic heterocycles. The van der Waals surface area contributed by atoms with E-state index in [0.29, 0.717) is 5.92 Å². The first-order chi connectivity index (χ1) is 10.7. The van der Waals surface area contributed by atoms with Crippen LogP contribution in [0.3, 0.4) is 0 Å². The molecule has 0 radical (unpaired) electrons. The lowest BCUT2D eigenvalue weighted by Crippen LogP contribution is -2.34. The zero-order chi connectivity index (χ0) is 15.5. The zero-order valence-corrected chi connectivity index (χ0v) is 14.2. The van der Waals surface area contributed by atoms with E-state index in [4.69, 9.17) is 0 Å². The number of anilines is 1. The molecule has 0 amide bonds. The molecule has 0 saturated carbocycles. The lowest BCUT2D eigenvalue weighted by atomic mass is 9.96. The molecule has 2 aromatic heterocycles. The second kappa shape index (κ2) is 6.64. The second-order valence-corrected chi connectivity index (χ2v) is 6.34. The first kappa shape index (κ1) is 15.3. The summed E-state index contributed by atoms with van der Waals surface area (Å²) < 4.78 is 2.25. The maximum absolute atomic E-state index is 4.44. The number of aryl methyl sites for hydroxylation is 1. The predicted octanol–water partition coefficient (Wildman–Crippen LogP) is 2.50. The highest BCUT2D eigenvalue weighted by Gasteiger charge is 2.26. The monoisotopic (exact) mass is 318 g/mol. The van der Waals surface area contributed by atoms with Crippen molar-refractivity contribution in [2.24, 2.45) is 0 Å². The summed E-state index contributed by atoms with van der Waals surface area (Å²) in [7, 11) is 0. The molecule has 118 valence electrons. The number of thioether (sulfide) groups is 1. The Kier molecular flexibility index (Phi) is 4.61. The molecule has 0 aliphatic carbocycles. The SMILES string of the molecule is CCn1c(SC)nnc1C1CCN(c2cc(C)ncn2)CC1. The molecule has 1 aliphatic rings. The number of hydrogen-bond donors (Lipinski definition) is 0. The van der Waals surface area contributed by atoms with Gasteiger partial charge in [-0.2, -0.15) is 0 Å². The maximum atomic E-state index is 4.44. The van der Waals surface area contributed by atoms with Crippen LogP contribution in [-0.4, -0.2) is 44.1 Å². The van der Waals surface area contributed by atoms with E-state index >= 15 is 0 Å². The number of aromatic nitrogens is 5. The quantitative estimate of drug-likeness (QED) is 0.807. The maximum Gasteiger partial charge on any atom is 0.190 e. The molecule has 0 spiro atoms. The standard InChI is InChI=1S/C15H22N6S/c1-4-21-14(18-19-15(21)22-3)12-5-7-20(8-6-12)13-9-11(2)16-10-17-13/h9-10,12H,4-8H2,1-3H3. The molecule has 1 fully saturated rings. The Balaban J connectivity index is 1.70. The minimum absolute atomic E-state index is 0.493. The van der Waals surface area contributed by atoms with E-state index in [9.17, 15) is 0 Å². The molecule has 7 heteroatoms. The molecule has 0 N–H and O–H groups in total. The summed E-state index contributed by atoms with van der Waals surface area (Å²) in [6.07, 6.45) is 5.89. The highest BCUT2D eigenvalue weighted by Crippen LogP contribution is 2.30. The first-order valence-electron chi connectivity index (χ1n) is 7.73. The average Bonchev–Trinajstić information content (AvgIpc) is 2.98. The summed E-state index contributed by atoms with van der Waals surface area (Å²) in [5, 5.41) is 9.77. The van der Waals surface area contributed by atoms with Crippen LogP contribution in [0.2, 0.25) is 0 Å². The van der Waals surface area contributed by atoms with Crippen molar-refractivity contribution in [2.45, 2.75) is 44.3 Å². The molecule has 0 aromatic carbocycles. The fraction of sp³-hybridized carbons (Fsp3) is 0.600. The van der Waals surface area contributed by atoms with Crippen LogP contribution in [0.25, 0.3) is 0 Å². The summed E-state index contributed by atoms with van der Waals surface area (Å²) in [6.45, 7) is 7.11. The van der Waals surface area contributed by atoms with Crippen molar-refractivity contribution in [3.63, 3.8) is 0 Å². The van der Waals surface area contributed by atoms with Gasteiger partial charge in [0.15, 0.2) is 5.16 Å². The van der Waals surface area contributed by atoms with Crippen LogP contribution in [0.4, 0.5) is 5.82 Å². The Morgan fingerprint density at radius 2 is 2.00 bits per heavy atom. The van der Waals surface area contributed by atoms with E-state index in [2.05, 4.69) is 48.9 Å². The minimum atomic E-state index is 0.493. The lowest BCUT2D eigenvalue weighted by Gasteiger charge is -2.32. The molecule has 2 aromatic rings. The van der Waals surface area contributed by atoms with Crippen LogP contribution in [-0.2, 0) is 6.54 Å². The zero-order valence-electron chi connectivity index (χ0n) is 13.4. The lowest BCUT2D eigenvalue weighted by molar-refractivity contribution is 0.460. The molecule has 0 bridgehead atoms. The van der Waals surface area contributed by atoms with Gasteiger partial charge >= 0.3 is 0 Å². The van der Waals surface area contributed by atoms with Crippen LogP contribution in [0, 0.1) is 6.92 Å². The van der Waals surface area contributed by atoms with Crippen LogP contribution < -0.4 is 4.90 Å². The molecule has 6 nitrogen and oxygen atoms in total. The van der Waals surface area contributed by atoms with Crippen molar-refractivity contribution in [3.8, 4) is 0 Å². The van der Waals surface area contributed by atoms with Crippen molar-refractivity contribution in [1.29, 1.82) is 0 Å². The van der Waals surface area contributed by atoms with Crippen LogP contribution in [0.1, 0.15) is 37.2 Å². The third kappa shape index (κ3) is 2.95. The fourth-order valence-electron chi connectivity index (χ4n) is 3.03. The Labute approximate surface area is 135 Å². The molecule has 0 atom stereocenters. The van der Waals surface area contributed by atoms with Crippen molar-refractivity contribution in [1.82, 2.24) is 24.7 Å². The smallest absolute Gasteiger partial charge is 0.190 e. The van der Waals surface area contributed by atoms with Gasteiger partial charge < -0.3 is 9.47 Å².